The summed E-state index contributed by atoms with van der Waals surface area (Å²) in [6, 6.07) is 8.14. The van der Waals surface area contributed by atoms with Gasteiger partial charge in [-0.1, -0.05) is 24.3 Å². The summed E-state index contributed by atoms with van der Waals surface area (Å²) >= 11 is 0. The second-order valence-electron chi connectivity index (χ2n) is 7.06. The van der Waals surface area contributed by atoms with Crippen LogP contribution < -0.4 is 5.32 Å². The van der Waals surface area contributed by atoms with E-state index in [1.165, 1.54) is 5.56 Å². The highest BCUT2D eigenvalue weighted by atomic mass is 16.2. The smallest absolute Gasteiger partial charge is 0.226 e. The molecule has 0 radical (unpaired) electrons. The van der Waals surface area contributed by atoms with Gasteiger partial charge in [-0.2, -0.15) is 0 Å². The Balaban J connectivity index is 1.37. The number of nitrogens with one attached hydrogen (secondary N) is 1. The van der Waals surface area contributed by atoms with E-state index in [-0.39, 0.29) is 5.91 Å². The van der Waals surface area contributed by atoms with E-state index in [1.54, 1.807) is 0 Å². The normalized spacial score (nSPS) is 18.2. The van der Waals surface area contributed by atoms with Gasteiger partial charge in [-0.3, -0.25) is 4.79 Å². The maximum Gasteiger partial charge on any atom is 0.226 e. The molecule has 0 unspecified atom stereocenters. The highest BCUT2D eigenvalue weighted by Gasteiger charge is 2.28. The number of carbonyl (C=O) groups is 1. The van der Waals surface area contributed by atoms with Crippen LogP contribution in [0.4, 0.5) is 0 Å². The lowest BCUT2D eigenvalue weighted by Crippen LogP contribution is -2.39. The largest absolute Gasteiger partial charge is 0.342 e. The zero-order valence-corrected chi connectivity index (χ0v) is 14.7. The molecule has 3 heterocycles. The van der Waals surface area contributed by atoms with E-state index >= 15 is 0 Å². The van der Waals surface area contributed by atoms with Gasteiger partial charge < -0.3 is 14.8 Å². The molecule has 4 rings (SSSR count). The van der Waals surface area contributed by atoms with Crippen molar-refractivity contribution in [1.82, 2.24) is 25.0 Å². The molecular formula is C19H25N5O. The highest BCUT2D eigenvalue weighted by molar-refractivity contribution is 5.79. The summed E-state index contributed by atoms with van der Waals surface area (Å²) in [4.78, 5) is 14.6. The van der Waals surface area contributed by atoms with Gasteiger partial charge in [0.2, 0.25) is 5.91 Å². The van der Waals surface area contributed by atoms with Crippen molar-refractivity contribution in [3.8, 4) is 0 Å². The number of aryl methyl sites for hydroxylation is 1. The predicted molar refractivity (Wildman–Crippen MR) is 95.2 cm³/mol. The number of fused-ring (bicyclic) bond motifs is 1. The second kappa shape index (κ2) is 6.96. The van der Waals surface area contributed by atoms with Gasteiger partial charge in [0.1, 0.15) is 11.6 Å². The number of benzene rings is 1. The number of piperidine rings is 1. The first kappa shape index (κ1) is 16.3. The third kappa shape index (κ3) is 3.31. The fourth-order valence-corrected chi connectivity index (χ4v) is 3.89. The van der Waals surface area contributed by atoms with Crippen LogP contribution in [-0.4, -0.2) is 45.2 Å². The van der Waals surface area contributed by atoms with E-state index < -0.39 is 0 Å². The molecule has 1 saturated heterocycles. The molecule has 0 atom stereocenters. The number of rotatable bonds is 3. The van der Waals surface area contributed by atoms with E-state index in [9.17, 15) is 4.79 Å². The molecule has 6 nitrogen and oxygen atoms in total. The zero-order valence-electron chi connectivity index (χ0n) is 14.7. The van der Waals surface area contributed by atoms with Crippen LogP contribution in [0.25, 0.3) is 0 Å². The number of aromatic nitrogens is 3. The van der Waals surface area contributed by atoms with Crippen LogP contribution in [0.15, 0.2) is 24.3 Å². The Kier molecular flexibility index (Phi) is 4.53. The van der Waals surface area contributed by atoms with Crippen molar-refractivity contribution in [2.24, 2.45) is 0 Å². The minimum atomic E-state index is 0.236. The Hall–Kier alpha value is -2.21. The van der Waals surface area contributed by atoms with Gasteiger partial charge >= 0.3 is 0 Å². The molecule has 1 aromatic heterocycles. The summed E-state index contributed by atoms with van der Waals surface area (Å²) in [6.45, 7) is 6.43. The first-order valence-corrected chi connectivity index (χ1v) is 9.17. The van der Waals surface area contributed by atoms with Crippen molar-refractivity contribution in [2.75, 3.05) is 19.6 Å². The van der Waals surface area contributed by atoms with Crippen molar-refractivity contribution in [3.63, 3.8) is 0 Å². The van der Waals surface area contributed by atoms with Crippen molar-refractivity contribution >= 4 is 5.91 Å². The van der Waals surface area contributed by atoms with E-state index in [2.05, 4.69) is 39.1 Å². The van der Waals surface area contributed by atoms with Crippen LogP contribution >= 0.6 is 0 Å². The summed E-state index contributed by atoms with van der Waals surface area (Å²) in [7, 11) is 0. The number of likely N-dealkylation sites (tertiary alicyclic amines) is 1. The van der Waals surface area contributed by atoms with Gasteiger partial charge in [-0.15, -0.1) is 10.2 Å². The second-order valence-corrected chi connectivity index (χ2v) is 7.06. The molecule has 25 heavy (non-hydrogen) atoms. The summed E-state index contributed by atoms with van der Waals surface area (Å²) in [5.41, 5.74) is 2.32. The van der Waals surface area contributed by atoms with E-state index in [0.717, 1.165) is 62.8 Å². The molecule has 2 aromatic rings. The lowest BCUT2D eigenvalue weighted by atomic mass is 9.95. The Labute approximate surface area is 148 Å². The summed E-state index contributed by atoms with van der Waals surface area (Å²) in [6.07, 6.45) is 2.46. The molecular weight excluding hydrogens is 314 g/mol. The fourth-order valence-electron chi connectivity index (χ4n) is 3.89. The molecule has 0 spiro atoms. The molecule has 1 fully saturated rings. The van der Waals surface area contributed by atoms with Crippen molar-refractivity contribution < 1.29 is 4.79 Å². The lowest BCUT2D eigenvalue weighted by Gasteiger charge is -2.32. The third-order valence-electron chi connectivity index (χ3n) is 5.47. The molecule has 6 heteroatoms. The Morgan fingerprint density at radius 2 is 2.00 bits per heavy atom. The molecule has 0 aliphatic carbocycles. The van der Waals surface area contributed by atoms with Crippen molar-refractivity contribution in [3.05, 3.63) is 47.0 Å². The lowest BCUT2D eigenvalue weighted by molar-refractivity contribution is -0.131. The monoisotopic (exact) mass is 339 g/mol. The van der Waals surface area contributed by atoms with Crippen LogP contribution in [0, 0.1) is 6.92 Å². The van der Waals surface area contributed by atoms with Crippen molar-refractivity contribution in [1.29, 1.82) is 0 Å². The Bertz CT molecular complexity index is 761. The number of hydrogen-bond donors (Lipinski definition) is 1. The number of nitrogens with zero attached hydrogens (tertiary/aromatic N) is 4. The van der Waals surface area contributed by atoms with Gasteiger partial charge in [0.05, 0.1) is 13.0 Å². The minimum Gasteiger partial charge on any atom is -0.342 e. The van der Waals surface area contributed by atoms with Gasteiger partial charge in [0.15, 0.2) is 0 Å². The third-order valence-corrected chi connectivity index (χ3v) is 5.47. The SMILES string of the molecule is Cc1ccccc1CC(=O)N1CCC(c2nnc3n2CCNC3)CC1. The molecule has 132 valence electrons. The predicted octanol–water partition coefficient (Wildman–Crippen LogP) is 1.64. The highest BCUT2D eigenvalue weighted by Crippen LogP contribution is 2.28. The maximum atomic E-state index is 12.6. The maximum absolute atomic E-state index is 12.6. The molecule has 2 aliphatic rings. The molecule has 1 N–H and O–H groups in total. The van der Waals surface area contributed by atoms with E-state index in [0.29, 0.717) is 12.3 Å². The quantitative estimate of drug-likeness (QED) is 0.923. The average molecular weight is 339 g/mol. The first-order chi connectivity index (χ1) is 12.2. The van der Waals surface area contributed by atoms with Crippen LogP contribution in [-0.2, 0) is 24.3 Å². The summed E-state index contributed by atoms with van der Waals surface area (Å²) in [5.74, 6) is 2.81. The first-order valence-electron chi connectivity index (χ1n) is 9.17. The van der Waals surface area contributed by atoms with Crippen LogP contribution in [0.1, 0.15) is 41.5 Å². The van der Waals surface area contributed by atoms with Crippen LogP contribution in [0.3, 0.4) is 0 Å². The molecule has 0 bridgehead atoms. The molecule has 2 aliphatic heterocycles. The summed E-state index contributed by atoms with van der Waals surface area (Å²) in [5, 5.41) is 12.1. The number of hydrogen-bond acceptors (Lipinski definition) is 4. The standard InChI is InChI=1S/C19H25N5O/c1-14-4-2-3-5-16(14)12-18(25)23-9-6-15(7-10-23)19-22-21-17-13-20-8-11-24(17)19/h2-5,15,20H,6-13H2,1H3. The van der Waals surface area contributed by atoms with Gasteiger partial charge in [0, 0.05) is 32.1 Å². The minimum absolute atomic E-state index is 0.236. The van der Waals surface area contributed by atoms with Gasteiger partial charge in [-0.05, 0) is 30.9 Å². The average Bonchev–Trinajstić information content (AvgIpc) is 3.08. The Morgan fingerprint density at radius 3 is 2.80 bits per heavy atom. The fraction of sp³-hybridized carbons (Fsp3) is 0.526. The van der Waals surface area contributed by atoms with E-state index in [1.807, 2.05) is 17.0 Å². The number of amides is 1. The Morgan fingerprint density at radius 1 is 1.20 bits per heavy atom. The van der Waals surface area contributed by atoms with Crippen molar-refractivity contribution in [2.45, 2.75) is 45.2 Å². The summed E-state index contributed by atoms with van der Waals surface area (Å²) < 4.78 is 2.27. The van der Waals surface area contributed by atoms with Gasteiger partial charge in [0.25, 0.3) is 0 Å². The topological polar surface area (TPSA) is 63.1 Å². The van der Waals surface area contributed by atoms with E-state index in [4.69, 9.17) is 0 Å². The molecule has 0 saturated carbocycles. The van der Waals surface area contributed by atoms with Gasteiger partial charge in [-0.25, -0.2) is 0 Å². The molecule has 1 amide bonds. The molecule has 1 aromatic carbocycles. The van der Waals surface area contributed by atoms with Crippen LogP contribution in [0.2, 0.25) is 0 Å². The van der Waals surface area contributed by atoms with Crippen LogP contribution in [0.5, 0.6) is 0 Å². The zero-order chi connectivity index (χ0) is 17.2. The number of carbonyl (C=O) groups excluding carboxylic acids is 1.